The summed E-state index contributed by atoms with van der Waals surface area (Å²) in [7, 11) is 1.83. The van der Waals surface area contributed by atoms with Crippen molar-refractivity contribution in [3.8, 4) is 0 Å². The number of amides is 1. The van der Waals surface area contributed by atoms with E-state index in [0.717, 1.165) is 53.1 Å². The Bertz CT molecular complexity index is 790. The van der Waals surface area contributed by atoms with E-state index in [-0.39, 0.29) is 5.91 Å². The highest BCUT2D eigenvalue weighted by Gasteiger charge is 2.16. The second kappa shape index (κ2) is 9.22. The predicted molar refractivity (Wildman–Crippen MR) is 111 cm³/mol. The van der Waals surface area contributed by atoms with Crippen LogP contribution >= 0.6 is 11.8 Å². The first kappa shape index (κ1) is 19.7. The Labute approximate surface area is 166 Å². The Morgan fingerprint density at radius 2 is 1.96 bits per heavy atom. The SMILES string of the molecule is CCc1cc(N2CCCC2)nc(SCc2cccc(C(=O)N(C)CC)c2)n1. The van der Waals surface area contributed by atoms with Crippen LogP contribution in [-0.4, -0.2) is 47.5 Å². The molecule has 1 aromatic heterocycles. The maximum Gasteiger partial charge on any atom is 0.253 e. The van der Waals surface area contributed by atoms with Crippen LogP contribution in [0.3, 0.4) is 0 Å². The zero-order valence-corrected chi connectivity index (χ0v) is 17.3. The molecule has 0 atom stereocenters. The summed E-state index contributed by atoms with van der Waals surface area (Å²) in [5.74, 6) is 1.86. The lowest BCUT2D eigenvalue weighted by molar-refractivity contribution is 0.0802. The van der Waals surface area contributed by atoms with E-state index in [2.05, 4.69) is 28.9 Å². The van der Waals surface area contributed by atoms with Gasteiger partial charge in [-0.3, -0.25) is 4.79 Å². The van der Waals surface area contributed by atoms with E-state index in [1.165, 1.54) is 12.8 Å². The summed E-state index contributed by atoms with van der Waals surface area (Å²) in [6.07, 6.45) is 3.38. The van der Waals surface area contributed by atoms with Crippen LogP contribution in [0.15, 0.2) is 35.5 Å². The predicted octanol–water partition coefficient (Wildman–Crippen LogP) is 4.02. The Balaban J connectivity index is 1.73. The molecule has 2 heterocycles. The lowest BCUT2D eigenvalue weighted by Gasteiger charge is -2.17. The van der Waals surface area contributed by atoms with Crippen molar-refractivity contribution in [1.82, 2.24) is 14.9 Å². The van der Waals surface area contributed by atoms with Gasteiger partial charge in [0.1, 0.15) is 5.82 Å². The zero-order valence-electron chi connectivity index (χ0n) is 16.4. The van der Waals surface area contributed by atoms with Gasteiger partial charge in [-0.2, -0.15) is 0 Å². The number of thioether (sulfide) groups is 1. The molecule has 1 aliphatic heterocycles. The average Bonchev–Trinajstić information content (AvgIpc) is 3.26. The van der Waals surface area contributed by atoms with Crippen LogP contribution in [0.25, 0.3) is 0 Å². The molecule has 0 N–H and O–H groups in total. The van der Waals surface area contributed by atoms with Crippen molar-refractivity contribution in [2.24, 2.45) is 0 Å². The monoisotopic (exact) mass is 384 g/mol. The van der Waals surface area contributed by atoms with Gasteiger partial charge >= 0.3 is 0 Å². The van der Waals surface area contributed by atoms with Crippen LogP contribution in [0, 0.1) is 0 Å². The van der Waals surface area contributed by atoms with Gasteiger partial charge < -0.3 is 9.80 Å². The van der Waals surface area contributed by atoms with Crippen molar-refractivity contribution in [1.29, 1.82) is 0 Å². The Hall–Kier alpha value is -2.08. The molecule has 0 bridgehead atoms. The minimum atomic E-state index is 0.0601. The number of hydrogen-bond acceptors (Lipinski definition) is 5. The molecule has 2 aromatic rings. The van der Waals surface area contributed by atoms with E-state index < -0.39 is 0 Å². The lowest BCUT2D eigenvalue weighted by Crippen LogP contribution is -2.26. The third-order valence-electron chi connectivity index (χ3n) is 4.90. The summed E-state index contributed by atoms with van der Waals surface area (Å²) in [6.45, 7) is 6.98. The van der Waals surface area contributed by atoms with Crippen LogP contribution < -0.4 is 4.90 Å². The molecule has 27 heavy (non-hydrogen) atoms. The Kier molecular flexibility index (Phi) is 6.72. The molecule has 0 aliphatic carbocycles. The zero-order chi connectivity index (χ0) is 19.2. The van der Waals surface area contributed by atoms with Gasteiger partial charge in [-0.25, -0.2) is 9.97 Å². The molecule has 0 spiro atoms. The van der Waals surface area contributed by atoms with Crippen LogP contribution in [-0.2, 0) is 12.2 Å². The van der Waals surface area contributed by atoms with Crippen molar-refractivity contribution in [3.05, 3.63) is 47.2 Å². The first-order chi connectivity index (χ1) is 13.1. The summed E-state index contributed by atoms with van der Waals surface area (Å²) in [4.78, 5) is 25.9. The maximum atomic E-state index is 12.4. The van der Waals surface area contributed by atoms with E-state index in [1.807, 2.05) is 32.2 Å². The Morgan fingerprint density at radius 1 is 1.19 bits per heavy atom. The number of rotatable bonds is 7. The quantitative estimate of drug-likeness (QED) is 0.533. The molecule has 3 rings (SSSR count). The van der Waals surface area contributed by atoms with E-state index in [0.29, 0.717) is 6.54 Å². The molecule has 1 aromatic carbocycles. The van der Waals surface area contributed by atoms with E-state index in [4.69, 9.17) is 4.98 Å². The van der Waals surface area contributed by atoms with Crippen molar-refractivity contribution in [2.75, 3.05) is 31.6 Å². The van der Waals surface area contributed by atoms with E-state index in [9.17, 15) is 4.79 Å². The Morgan fingerprint density at radius 3 is 2.67 bits per heavy atom. The summed E-state index contributed by atoms with van der Waals surface area (Å²) in [5, 5.41) is 0.818. The summed E-state index contributed by atoms with van der Waals surface area (Å²) < 4.78 is 0. The topological polar surface area (TPSA) is 49.3 Å². The second-order valence-electron chi connectivity index (χ2n) is 6.86. The van der Waals surface area contributed by atoms with E-state index >= 15 is 0 Å². The fraction of sp³-hybridized carbons (Fsp3) is 0.476. The highest BCUT2D eigenvalue weighted by Crippen LogP contribution is 2.25. The number of carbonyl (C=O) groups is 1. The van der Waals surface area contributed by atoms with Gasteiger partial charge in [-0.1, -0.05) is 30.8 Å². The van der Waals surface area contributed by atoms with Gasteiger partial charge in [0.05, 0.1) is 0 Å². The fourth-order valence-corrected chi connectivity index (χ4v) is 3.93. The van der Waals surface area contributed by atoms with Crippen molar-refractivity contribution >= 4 is 23.5 Å². The summed E-state index contributed by atoms with van der Waals surface area (Å²) in [6, 6.07) is 9.98. The summed E-state index contributed by atoms with van der Waals surface area (Å²) >= 11 is 1.64. The smallest absolute Gasteiger partial charge is 0.253 e. The van der Waals surface area contributed by atoms with Crippen LogP contribution in [0.5, 0.6) is 0 Å². The van der Waals surface area contributed by atoms with Gasteiger partial charge in [-0.05, 0) is 43.9 Å². The molecular weight excluding hydrogens is 356 g/mol. The highest BCUT2D eigenvalue weighted by atomic mass is 32.2. The maximum absolute atomic E-state index is 12.4. The molecule has 1 aliphatic rings. The normalized spacial score (nSPS) is 13.8. The molecule has 1 saturated heterocycles. The van der Waals surface area contributed by atoms with Gasteiger partial charge in [-0.15, -0.1) is 0 Å². The van der Waals surface area contributed by atoms with E-state index in [1.54, 1.807) is 16.7 Å². The number of aromatic nitrogens is 2. The van der Waals surface area contributed by atoms with Gasteiger partial charge in [0.2, 0.25) is 0 Å². The van der Waals surface area contributed by atoms with Crippen molar-refractivity contribution < 1.29 is 4.79 Å². The average molecular weight is 385 g/mol. The largest absolute Gasteiger partial charge is 0.356 e. The third kappa shape index (κ3) is 5.01. The molecule has 0 unspecified atom stereocenters. The number of anilines is 1. The molecule has 1 amide bonds. The fourth-order valence-electron chi connectivity index (χ4n) is 3.12. The van der Waals surface area contributed by atoms with Crippen molar-refractivity contribution in [3.63, 3.8) is 0 Å². The molecule has 0 saturated carbocycles. The highest BCUT2D eigenvalue weighted by molar-refractivity contribution is 7.98. The van der Waals surface area contributed by atoms with Crippen LogP contribution in [0.1, 0.15) is 48.3 Å². The first-order valence-corrected chi connectivity index (χ1v) is 10.7. The summed E-state index contributed by atoms with van der Waals surface area (Å²) in [5.41, 5.74) is 2.94. The minimum Gasteiger partial charge on any atom is -0.356 e. The number of carbonyl (C=O) groups excluding carboxylic acids is 1. The van der Waals surface area contributed by atoms with Gasteiger partial charge in [0.15, 0.2) is 5.16 Å². The number of nitrogens with zero attached hydrogens (tertiary/aromatic N) is 4. The number of aryl methyl sites for hydroxylation is 1. The molecule has 1 fully saturated rings. The second-order valence-corrected chi connectivity index (χ2v) is 7.80. The molecule has 6 heteroatoms. The number of benzene rings is 1. The molecular formula is C21H28N4OS. The van der Waals surface area contributed by atoms with Crippen molar-refractivity contribution in [2.45, 2.75) is 44.0 Å². The minimum absolute atomic E-state index is 0.0601. The van der Waals surface area contributed by atoms with Gasteiger partial charge in [0.25, 0.3) is 5.91 Å². The molecule has 5 nitrogen and oxygen atoms in total. The lowest BCUT2D eigenvalue weighted by atomic mass is 10.1. The third-order valence-corrected chi connectivity index (χ3v) is 5.82. The van der Waals surface area contributed by atoms with Crippen LogP contribution in [0.2, 0.25) is 0 Å². The first-order valence-electron chi connectivity index (χ1n) is 9.70. The standard InChI is InChI=1S/C21H28N4OS/c1-4-18-14-19(25-11-6-7-12-25)23-21(22-18)27-15-16-9-8-10-17(13-16)20(26)24(3)5-2/h8-10,13-14H,4-7,11-12,15H2,1-3H3. The van der Waals surface area contributed by atoms with Gasteiger partial charge in [0, 0.05) is 49.8 Å². The molecule has 0 radical (unpaired) electrons. The van der Waals surface area contributed by atoms with Crippen LogP contribution in [0.4, 0.5) is 5.82 Å². The molecule has 144 valence electrons. The number of hydrogen-bond donors (Lipinski definition) is 0.